The second-order valence-electron chi connectivity index (χ2n) is 2.09. The molecule has 0 nitrogen and oxygen atoms in total. The van der Waals surface area contributed by atoms with E-state index in [1.165, 1.54) is 5.56 Å². The first kappa shape index (κ1) is 11.9. The first-order valence-corrected chi connectivity index (χ1v) is 11.0. The number of hydrogen-bond acceptors (Lipinski definition) is 0. The van der Waals surface area contributed by atoms with E-state index in [9.17, 15) is 0 Å². The molecule has 57 valence electrons. The van der Waals surface area contributed by atoms with Crippen molar-refractivity contribution < 1.29 is 0 Å². The van der Waals surface area contributed by atoms with E-state index < -0.39 is 0 Å². The minimum Gasteiger partial charge on any atom is -0.280 e. The zero-order valence-electron chi connectivity index (χ0n) is 6.48. The molecule has 0 saturated heterocycles. The summed E-state index contributed by atoms with van der Waals surface area (Å²) >= 11 is 6.44. The van der Waals surface area contributed by atoms with Gasteiger partial charge in [-0.1, -0.05) is 29.8 Å². The van der Waals surface area contributed by atoms with Crippen molar-refractivity contribution in [1.29, 1.82) is 0 Å². The molecule has 1 aromatic rings. The lowest BCUT2D eigenvalue weighted by atomic mass is 10.2. The summed E-state index contributed by atoms with van der Waals surface area (Å²) in [5.74, 6) is 0. The van der Waals surface area contributed by atoms with Crippen LogP contribution in [0.3, 0.4) is 0 Å². The summed E-state index contributed by atoms with van der Waals surface area (Å²) in [6.07, 6.45) is 0. The minimum absolute atomic E-state index is 0.0417. The van der Waals surface area contributed by atoms with Crippen molar-refractivity contribution in [3.8, 4) is 0 Å². The van der Waals surface area contributed by atoms with E-state index in [2.05, 4.69) is 51.7 Å². The van der Waals surface area contributed by atoms with Crippen LogP contribution in [0.25, 0.3) is 0 Å². The van der Waals surface area contributed by atoms with Crippen LogP contribution in [0.15, 0.2) is 24.3 Å². The van der Waals surface area contributed by atoms with Crippen LogP contribution < -0.4 is 0 Å². The van der Waals surface area contributed by atoms with Gasteiger partial charge in [0.15, 0.2) is 0 Å². The molecule has 1 rings (SSSR count). The fourth-order valence-corrected chi connectivity index (χ4v) is 0.588. The third kappa shape index (κ3) is 7.31. The fraction of sp³-hybridized carbons (Fsp3) is 0.125. The highest BCUT2D eigenvalue weighted by Gasteiger charge is 1.80. The van der Waals surface area contributed by atoms with E-state index in [1.807, 2.05) is 12.1 Å². The standard InChI is InChI=1S/C8H9.2BrH.Mg/c1-7-3-5-8(2)6-4-7;;;/h3-6H,1H2,2H3;2*1H;/q;;;+2/p-2. The lowest BCUT2D eigenvalue weighted by Crippen LogP contribution is -1.70. The predicted octanol–water partition coefficient (Wildman–Crippen LogP) is 3.49. The number of rotatable bonds is 0. The third-order valence-corrected chi connectivity index (χ3v) is 1.12. The Morgan fingerprint density at radius 3 is 1.82 bits per heavy atom. The van der Waals surface area contributed by atoms with Gasteiger partial charge in [-0.15, -0.1) is 0 Å². The highest BCUT2D eigenvalue weighted by Crippen LogP contribution is 1.99. The maximum absolute atomic E-state index is 3.76. The smallest absolute Gasteiger partial charge is 0.280 e. The van der Waals surface area contributed by atoms with Crippen LogP contribution in [-0.2, 0) is 0 Å². The second kappa shape index (κ2) is 7.59. The van der Waals surface area contributed by atoms with Crippen molar-refractivity contribution >= 4 is 41.8 Å². The summed E-state index contributed by atoms with van der Waals surface area (Å²) in [6, 6.07) is 8.13. The van der Waals surface area contributed by atoms with Crippen molar-refractivity contribution in [2.24, 2.45) is 0 Å². The molecule has 1 radical (unpaired) electrons. The van der Waals surface area contributed by atoms with Crippen molar-refractivity contribution in [2.45, 2.75) is 6.92 Å². The molecule has 3 heteroatoms. The topological polar surface area (TPSA) is 0 Å². The van der Waals surface area contributed by atoms with Crippen molar-refractivity contribution in [1.82, 2.24) is 0 Å². The maximum atomic E-state index is 3.76. The molecule has 0 aliphatic carbocycles. The molecule has 0 bridgehead atoms. The summed E-state index contributed by atoms with van der Waals surface area (Å²) in [7, 11) is 0. The molecule has 0 aliphatic heterocycles. The van der Waals surface area contributed by atoms with Crippen molar-refractivity contribution in [3.63, 3.8) is 0 Å². The maximum Gasteiger partial charge on any atom is 0.560 e. The lowest BCUT2D eigenvalue weighted by molar-refractivity contribution is 1.45. The van der Waals surface area contributed by atoms with Gasteiger partial charge in [-0.2, -0.15) is 0 Å². The van der Waals surface area contributed by atoms with Gasteiger partial charge in [0.25, 0.3) is 0 Å². The van der Waals surface area contributed by atoms with E-state index in [-0.39, 0.29) is 16.0 Å². The summed E-state index contributed by atoms with van der Waals surface area (Å²) in [5, 5.41) is 0. The Kier molecular flexibility index (Phi) is 8.24. The van der Waals surface area contributed by atoms with Gasteiger partial charge in [-0.25, -0.2) is 0 Å². The average molecular weight is 289 g/mol. The van der Waals surface area contributed by atoms with Gasteiger partial charge in [-0.3, -0.25) is 25.8 Å². The van der Waals surface area contributed by atoms with Gasteiger partial charge >= 0.3 is 16.0 Å². The Bertz CT molecular complexity index is 163. The summed E-state index contributed by atoms with van der Waals surface area (Å²) in [5.41, 5.74) is 2.37. The molecule has 0 atom stereocenters. The van der Waals surface area contributed by atoms with Crippen LogP contribution in [-0.4, -0.2) is 16.0 Å². The molecule has 0 spiro atoms. The Hall–Kier alpha value is 0.946. The van der Waals surface area contributed by atoms with Gasteiger partial charge < -0.3 is 0 Å². The molecule has 0 fully saturated rings. The van der Waals surface area contributed by atoms with Crippen LogP contribution >= 0.6 is 25.8 Å². The number of halogens is 2. The Morgan fingerprint density at radius 1 is 1.18 bits per heavy atom. The molecule has 0 saturated carbocycles. The zero-order chi connectivity index (χ0) is 8.69. The molecular weight excluding hydrogens is 280 g/mol. The molecule has 11 heavy (non-hydrogen) atoms. The third-order valence-electron chi connectivity index (χ3n) is 1.12. The van der Waals surface area contributed by atoms with Crippen LogP contribution in [0, 0.1) is 13.8 Å². The SMILES string of the molecule is [Br][Mg][Br].[CH2]c1ccc(C)cc1. The second-order valence-corrected chi connectivity index (χ2v) is 10.2. The molecule has 0 N–H and O–H groups in total. The largest absolute Gasteiger partial charge is 0.560 e. The van der Waals surface area contributed by atoms with Gasteiger partial charge in [-0.05, 0) is 19.4 Å². The van der Waals surface area contributed by atoms with E-state index in [1.54, 1.807) is 0 Å². The Balaban J connectivity index is 0.000000292. The molecule has 0 aliphatic rings. The average Bonchev–Trinajstić information content (AvgIpc) is 1.97. The molecule has 1 aromatic carbocycles. The Morgan fingerprint density at radius 2 is 1.55 bits per heavy atom. The van der Waals surface area contributed by atoms with Crippen LogP contribution in [0.4, 0.5) is 0 Å². The molecule has 0 aromatic heterocycles. The highest BCUT2D eigenvalue weighted by molar-refractivity contribution is 9.47. The van der Waals surface area contributed by atoms with E-state index in [0.717, 1.165) is 5.56 Å². The fourth-order valence-electron chi connectivity index (χ4n) is 0.588. The molecule has 0 unspecified atom stereocenters. The summed E-state index contributed by atoms with van der Waals surface area (Å²) in [6.45, 7) is 5.83. The number of hydrogen-bond donors (Lipinski definition) is 0. The zero-order valence-corrected chi connectivity index (χ0v) is 11.1. The summed E-state index contributed by atoms with van der Waals surface area (Å²) in [4.78, 5) is 0. The molecule has 0 heterocycles. The van der Waals surface area contributed by atoms with Gasteiger partial charge in [0.1, 0.15) is 0 Å². The quantitative estimate of drug-likeness (QED) is 0.641. The molecular formula is C8H9Br2Mg. The predicted molar refractivity (Wildman–Crippen MR) is 59.2 cm³/mol. The van der Waals surface area contributed by atoms with Crippen LogP contribution in [0.5, 0.6) is 0 Å². The van der Waals surface area contributed by atoms with Crippen molar-refractivity contribution in [3.05, 3.63) is 42.3 Å². The lowest BCUT2D eigenvalue weighted by Gasteiger charge is -1.89. The van der Waals surface area contributed by atoms with Crippen LogP contribution in [0.1, 0.15) is 11.1 Å². The minimum atomic E-state index is 0.0417. The monoisotopic (exact) mass is 287 g/mol. The van der Waals surface area contributed by atoms with E-state index in [0.29, 0.717) is 0 Å². The van der Waals surface area contributed by atoms with Crippen LogP contribution in [0.2, 0.25) is 0 Å². The Labute approximate surface area is 90.2 Å². The normalized spacial score (nSPS) is 7.64. The van der Waals surface area contributed by atoms with E-state index in [4.69, 9.17) is 0 Å². The van der Waals surface area contributed by atoms with E-state index >= 15 is 0 Å². The number of benzene rings is 1. The number of aryl methyl sites for hydroxylation is 1. The van der Waals surface area contributed by atoms with Gasteiger partial charge in [0.2, 0.25) is 0 Å². The van der Waals surface area contributed by atoms with Gasteiger partial charge in [0.05, 0.1) is 0 Å². The highest BCUT2D eigenvalue weighted by atomic mass is 79.9. The first-order valence-electron chi connectivity index (χ1n) is 3.21. The first-order chi connectivity index (χ1) is 5.20. The summed E-state index contributed by atoms with van der Waals surface area (Å²) < 4.78 is 0. The van der Waals surface area contributed by atoms with Crippen molar-refractivity contribution in [2.75, 3.05) is 0 Å². The van der Waals surface area contributed by atoms with Gasteiger partial charge in [0, 0.05) is 0 Å². The molecule has 0 amide bonds.